The predicted molar refractivity (Wildman–Crippen MR) is 60.6 cm³/mol. The average molecular weight is 289 g/mol. The normalized spacial score (nSPS) is 11.5. The molecule has 0 aliphatic rings. The Morgan fingerprint density at radius 3 is 2.47 bits per heavy atom. The summed E-state index contributed by atoms with van der Waals surface area (Å²) in [6, 6.07) is 0. The number of hydrogen-bond acceptors (Lipinski definition) is 5. The molecule has 0 aliphatic carbocycles. The Labute approximate surface area is 101 Å². The van der Waals surface area contributed by atoms with Crippen LogP contribution in [-0.4, -0.2) is 31.9 Å². The SMILES string of the molecule is CN(c1sc(Cl)nc1C(=O)Cl)S(C)(=O)=O. The van der Waals surface area contributed by atoms with Crippen LogP contribution in [0.25, 0.3) is 0 Å². The Bertz CT molecular complexity index is 496. The van der Waals surface area contributed by atoms with Crippen molar-refractivity contribution in [3.05, 3.63) is 10.2 Å². The van der Waals surface area contributed by atoms with Gasteiger partial charge in [-0.05, 0) is 11.6 Å². The smallest absolute Gasteiger partial charge is 0.273 e. The van der Waals surface area contributed by atoms with Crippen molar-refractivity contribution in [3.8, 4) is 0 Å². The monoisotopic (exact) mass is 288 g/mol. The lowest BCUT2D eigenvalue weighted by Gasteiger charge is -2.13. The molecular weight excluding hydrogens is 283 g/mol. The molecule has 0 amide bonds. The van der Waals surface area contributed by atoms with Crippen LogP contribution < -0.4 is 4.31 Å². The van der Waals surface area contributed by atoms with Gasteiger partial charge in [-0.2, -0.15) is 0 Å². The number of rotatable bonds is 3. The highest BCUT2D eigenvalue weighted by Gasteiger charge is 2.23. The first-order valence-electron chi connectivity index (χ1n) is 3.53. The summed E-state index contributed by atoms with van der Waals surface area (Å²) < 4.78 is 23.4. The van der Waals surface area contributed by atoms with E-state index < -0.39 is 15.3 Å². The zero-order valence-electron chi connectivity index (χ0n) is 7.69. The summed E-state index contributed by atoms with van der Waals surface area (Å²) in [6.45, 7) is 0. The molecule has 0 fully saturated rings. The minimum absolute atomic E-state index is 0.0597. The van der Waals surface area contributed by atoms with Crippen molar-refractivity contribution >= 4 is 54.8 Å². The standard InChI is InChI=1S/C6H6Cl2N2O3S2/c1-10(15(2,12)13)5-3(4(7)11)9-6(8)14-5/h1-2H3. The highest BCUT2D eigenvalue weighted by molar-refractivity contribution is 7.92. The van der Waals surface area contributed by atoms with Crippen LogP contribution in [0.1, 0.15) is 10.5 Å². The molecule has 0 saturated heterocycles. The third kappa shape index (κ3) is 2.81. The van der Waals surface area contributed by atoms with Crippen molar-refractivity contribution in [2.45, 2.75) is 0 Å². The van der Waals surface area contributed by atoms with Gasteiger partial charge in [0.25, 0.3) is 5.24 Å². The number of hydrogen-bond donors (Lipinski definition) is 0. The van der Waals surface area contributed by atoms with E-state index in [4.69, 9.17) is 23.2 Å². The van der Waals surface area contributed by atoms with Crippen LogP contribution >= 0.6 is 34.5 Å². The summed E-state index contributed by atoms with van der Waals surface area (Å²) in [5.41, 5.74) is -0.153. The summed E-state index contributed by atoms with van der Waals surface area (Å²) in [5, 5.41) is -0.730. The van der Waals surface area contributed by atoms with Crippen molar-refractivity contribution in [2.75, 3.05) is 17.6 Å². The van der Waals surface area contributed by atoms with Crippen LogP contribution in [-0.2, 0) is 10.0 Å². The van der Waals surface area contributed by atoms with Crippen LogP contribution in [0.3, 0.4) is 0 Å². The van der Waals surface area contributed by atoms with E-state index >= 15 is 0 Å². The first-order chi connectivity index (χ1) is 6.73. The van der Waals surface area contributed by atoms with Gasteiger partial charge in [-0.25, -0.2) is 13.4 Å². The minimum Gasteiger partial charge on any atom is -0.274 e. The Balaban J connectivity index is 3.31. The largest absolute Gasteiger partial charge is 0.274 e. The van der Waals surface area contributed by atoms with Crippen molar-refractivity contribution in [3.63, 3.8) is 0 Å². The number of carbonyl (C=O) groups excluding carboxylic acids is 1. The van der Waals surface area contributed by atoms with E-state index in [-0.39, 0.29) is 15.2 Å². The molecule has 1 aromatic rings. The third-order valence-electron chi connectivity index (χ3n) is 1.55. The molecule has 0 unspecified atom stereocenters. The van der Waals surface area contributed by atoms with Gasteiger partial charge in [0.05, 0.1) is 6.26 Å². The number of anilines is 1. The highest BCUT2D eigenvalue weighted by Crippen LogP contribution is 2.32. The first-order valence-corrected chi connectivity index (χ1v) is 6.95. The molecule has 5 nitrogen and oxygen atoms in total. The van der Waals surface area contributed by atoms with Crippen LogP contribution in [0.2, 0.25) is 4.47 Å². The van der Waals surface area contributed by atoms with E-state index in [0.717, 1.165) is 21.9 Å². The number of sulfonamides is 1. The molecule has 84 valence electrons. The van der Waals surface area contributed by atoms with Gasteiger partial charge in [-0.1, -0.05) is 22.9 Å². The van der Waals surface area contributed by atoms with Gasteiger partial charge in [0.1, 0.15) is 5.00 Å². The van der Waals surface area contributed by atoms with Gasteiger partial charge >= 0.3 is 0 Å². The van der Waals surface area contributed by atoms with Crippen LogP contribution in [0.15, 0.2) is 0 Å². The number of aromatic nitrogens is 1. The van der Waals surface area contributed by atoms with E-state index in [0.29, 0.717) is 0 Å². The molecule has 1 aromatic heterocycles. The molecule has 0 atom stereocenters. The predicted octanol–water partition coefficient (Wildman–Crippen LogP) is 1.57. The van der Waals surface area contributed by atoms with Gasteiger partial charge in [0.2, 0.25) is 10.0 Å². The number of carbonyl (C=O) groups is 1. The van der Waals surface area contributed by atoms with E-state index in [9.17, 15) is 13.2 Å². The second-order valence-electron chi connectivity index (χ2n) is 2.62. The average Bonchev–Trinajstić information content (AvgIpc) is 2.44. The molecule has 0 aliphatic heterocycles. The second-order valence-corrected chi connectivity index (χ2v) is 6.54. The lowest BCUT2D eigenvalue weighted by Crippen LogP contribution is -2.25. The van der Waals surface area contributed by atoms with Gasteiger partial charge in [-0.3, -0.25) is 9.10 Å². The van der Waals surface area contributed by atoms with E-state index in [1.807, 2.05) is 0 Å². The van der Waals surface area contributed by atoms with Crippen molar-refractivity contribution in [1.29, 1.82) is 0 Å². The third-order valence-corrected chi connectivity index (χ3v) is 4.26. The minimum atomic E-state index is -3.46. The molecule has 1 heterocycles. The maximum absolute atomic E-state index is 11.2. The quantitative estimate of drug-likeness (QED) is 0.792. The molecule has 0 N–H and O–H groups in total. The summed E-state index contributed by atoms with van der Waals surface area (Å²) in [7, 11) is -2.17. The number of halogens is 2. The van der Waals surface area contributed by atoms with Crippen LogP contribution in [0.5, 0.6) is 0 Å². The maximum atomic E-state index is 11.2. The van der Waals surface area contributed by atoms with Crippen LogP contribution in [0, 0.1) is 0 Å². The van der Waals surface area contributed by atoms with Gasteiger partial charge < -0.3 is 0 Å². The van der Waals surface area contributed by atoms with Crippen molar-refractivity contribution < 1.29 is 13.2 Å². The maximum Gasteiger partial charge on any atom is 0.273 e. The molecule has 0 radical (unpaired) electrons. The Morgan fingerprint density at radius 2 is 2.07 bits per heavy atom. The Hall–Kier alpha value is -0.370. The second kappa shape index (κ2) is 4.25. The summed E-state index contributed by atoms with van der Waals surface area (Å²) in [6.07, 6.45) is 1.00. The Kier molecular flexibility index (Phi) is 3.59. The Morgan fingerprint density at radius 1 is 1.53 bits per heavy atom. The van der Waals surface area contributed by atoms with E-state index in [2.05, 4.69) is 4.98 Å². The number of thiazole rings is 1. The molecule has 15 heavy (non-hydrogen) atoms. The summed E-state index contributed by atoms with van der Waals surface area (Å²) >= 11 is 11.7. The molecule has 0 bridgehead atoms. The van der Waals surface area contributed by atoms with Gasteiger partial charge in [0.15, 0.2) is 10.2 Å². The lowest BCUT2D eigenvalue weighted by molar-refractivity contribution is 0.107. The van der Waals surface area contributed by atoms with Gasteiger partial charge in [-0.15, -0.1) is 0 Å². The molecule has 1 rings (SSSR count). The highest BCUT2D eigenvalue weighted by atomic mass is 35.5. The fraction of sp³-hybridized carbons (Fsp3) is 0.333. The van der Waals surface area contributed by atoms with E-state index in [1.165, 1.54) is 7.05 Å². The van der Waals surface area contributed by atoms with Crippen LogP contribution in [0.4, 0.5) is 5.00 Å². The zero-order chi connectivity index (χ0) is 11.8. The molecule has 9 heteroatoms. The summed E-state index contributed by atoms with van der Waals surface area (Å²) in [4.78, 5) is 14.6. The van der Waals surface area contributed by atoms with E-state index in [1.54, 1.807) is 0 Å². The van der Waals surface area contributed by atoms with Gasteiger partial charge in [0, 0.05) is 7.05 Å². The molecule has 0 aromatic carbocycles. The topological polar surface area (TPSA) is 67.3 Å². The molecule has 0 saturated carbocycles. The molecular formula is C6H6Cl2N2O3S2. The summed E-state index contributed by atoms with van der Waals surface area (Å²) in [5.74, 6) is 0. The fourth-order valence-corrected chi connectivity index (χ4v) is 2.84. The lowest BCUT2D eigenvalue weighted by atomic mass is 10.5. The van der Waals surface area contributed by atoms with Crippen molar-refractivity contribution in [2.24, 2.45) is 0 Å². The van der Waals surface area contributed by atoms with Crippen molar-refractivity contribution in [1.82, 2.24) is 4.98 Å². The number of nitrogens with zero attached hydrogens (tertiary/aromatic N) is 2. The fourth-order valence-electron chi connectivity index (χ4n) is 0.779. The first kappa shape index (κ1) is 12.7. The zero-order valence-corrected chi connectivity index (χ0v) is 10.8. The molecule has 0 spiro atoms.